The Morgan fingerprint density at radius 1 is 1.38 bits per heavy atom. The number of esters is 1. The molecular formula is C20H31NO3. The van der Waals surface area contributed by atoms with Gasteiger partial charge in [-0.25, -0.2) is 0 Å². The number of aromatic hydroxyl groups is 1. The predicted molar refractivity (Wildman–Crippen MR) is 96.2 cm³/mol. The van der Waals surface area contributed by atoms with Crippen molar-refractivity contribution in [2.24, 2.45) is 5.92 Å². The minimum atomic E-state index is -0.0916. The van der Waals surface area contributed by atoms with Crippen LogP contribution in [0.2, 0.25) is 0 Å². The van der Waals surface area contributed by atoms with Crippen LogP contribution in [-0.2, 0) is 21.5 Å². The molecule has 0 radical (unpaired) electrons. The van der Waals surface area contributed by atoms with Crippen molar-refractivity contribution in [3.05, 3.63) is 28.8 Å². The third kappa shape index (κ3) is 4.50. The van der Waals surface area contributed by atoms with Gasteiger partial charge in [-0.3, -0.25) is 9.69 Å². The van der Waals surface area contributed by atoms with Crippen LogP contribution in [-0.4, -0.2) is 35.7 Å². The Morgan fingerprint density at radius 3 is 2.71 bits per heavy atom. The van der Waals surface area contributed by atoms with Crippen LogP contribution >= 0.6 is 0 Å². The van der Waals surface area contributed by atoms with Gasteiger partial charge < -0.3 is 9.84 Å². The van der Waals surface area contributed by atoms with Crippen molar-refractivity contribution < 1.29 is 14.6 Å². The largest absolute Gasteiger partial charge is 0.507 e. The Balaban J connectivity index is 2.15. The quantitative estimate of drug-likeness (QED) is 0.852. The predicted octanol–water partition coefficient (Wildman–Crippen LogP) is 3.77. The van der Waals surface area contributed by atoms with Crippen molar-refractivity contribution in [1.29, 1.82) is 0 Å². The molecule has 1 aliphatic rings. The highest BCUT2D eigenvalue weighted by molar-refractivity contribution is 5.72. The molecule has 1 aliphatic heterocycles. The van der Waals surface area contributed by atoms with Crippen LogP contribution < -0.4 is 0 Å². The molecule has 1 heterocycles. The van der Waals surface area contributed by atoms with Gasteiger partial charge in [-0.15, -0.1) is 0 Å². The third-order valence-electron chi connectivity index (χ3n) is 4.76. The molecule has 0 saturated carbocycles. The molecule has 2 rings (SSSR count). The van der Waals surface area contributed by atoms with Crippen molar-refractivity contribution in [3.8, 4) is 5.75 Å². The lowest BCUT2D eigenvalue weighted by Gasteiger charge is -2.32. The van der Waals surface area contributed by atoms with E-state index in [9.17, 15) is 9.90 Å². The normalized spacial score (nSPS) is 19.3. The molecule has 0 amide bonds. The summed E-state index contributed by atoms with van der Waals surface area (Å²) in [6.07, 6.45) is 1.88. The summed E-state index contributed by atoms with van der Waals surface area (Å²) < 4.78 is 5.17. The summed E-state index contributed by atoms with van der Waals surface area (Å²) in [6.45, 7) is 13.1. The topological polar surface area (TPSA) is 49.8 Å². The first-order valence-corrected chi connectivity index (χ1v) is 8.94. The van der Waals surface area contributed by atoms with E-state index in [2.05, 4.69) is 37.8 Å². The van der Waals surface area contributed by atoms with Crippen LogP contribution in [0.4, 0.5) is 0 Å². The molecule has 0 unspecified atom stereocenters. The molecule has 1 N–H and O–H groups in total. The fourth-order valence-electron chi connectivity index (χ4n) is 3.30. The van der Waals surface area contributed by atoms with Crippen LogP contribution in [0.5, 0.6) is 5.75 Å². The summed E-state index contributed by atoms with van der Waals surface area (Å²) in [5.41, 5.74) is 3.13. The summed E-state index contributed by atoms with van der Waals surface area (Å²) in [7, 11) is 0. The van der Waals surface area contributed by atoms with E-state index in [4.69, 9.17) is 4.74 Å². The molecule has 1 atom stereocenters. The van der Waals surface area contributed by atoms with Gasteiger partial charge in [0.05, 0.1) is 12.5 Å². The highest BCUT2D eigenvalue weighted by Gasteiger charge is 2.27. The first-order valence-electron chi connectivity index (χ1n) is 8.94. The molecule has 134 valence electrons. The lowest BCUT2D eigenvalue weighted by atomic mass is 9.84. The molecule has 24 heavy (non-hydrogen) atoms. The van der Waals surface area contributed by atoms with E-state index in [1.807, 2.05) is 13.8 Å². The van der Waals surface area contributed by atoms with E-state index in [-0.39, 0.29) is 17.3 Å². The van der Waals surface area contributed by atoms with Gasteiger partial charge in [0.2, 0.25) is 0 Å². The van der Waals surface area contributed by atoms with Gasteiger partial charge in [0, 0.05) is 18.7 Å². The highest BCUT2D eigenvalue weighted by atomic mass is 16.5. The summed E-state index contributed by atoms with van der Waals surface area (Å²) in [6, 6.07) is 4.17. The number of rotatable bonds is 4. The van der Waals surface area contributed by atoms with Crippen molar-refractivity contribution in [2.45, 2.75) is 59.4 Å². The van der Waals surface area contributed by atoms with Gasteiger partial charge in [-0.05, 0) is 49.8 Å². The molecular weight excluding hydrogens is 302 g/mol. The second-order valence-corrected chi connectivity index (χ2v) is 7.88. The van der Waals surface area contributed by atoms with Crippen LogP contribution in [0.1, 0.15) is 57.2 Å². The number of phenolic OH excluding ortho intramolecular Hbond substituents is 1. The molecule has 1 aromatic carbocycles. The number of carbonyl (C=O) groups excluding carboxylic acids is 1. The van der Waals surface area contributed by atoms with Gasteiger partial charge >= 0.3 is 5.97 Å². The number of piperidine rings is 1. The number of nitrogens with zero attached hydrogens (tertiary/aromatic N) is 1. The summed E-state index contributed by atoms with van der Waals surface area (Å²) in [5, 5.41) is 10.5. The lowest BCUT2D eigenvalue weighted by molar-refractivity contribution is -0.150. The van der Waals surface area contributed by atoms with E-state index in [1.54, 1.807) is 0 Å². The molecule has 1 fully saturated rings. The number of carbonyl (C=O) groups is 1. The number of hydrogen-bond donors (Lipinski definition) is 1. The standard InChI is InChI=1S/C20H31NO3/c1-6-24-19(23)15-8-7-9-21(12-15)13-16-11-17(20(3,4)5)10-14(2)18(16)22/h10-11,15,22H,6-9,12-13H2,1-5H3/t15-/m0/s1. The maximum atomic E-state index is 12.0. The van der Waals surface area contributed by atoms with Crippen molar-refractivity contribution >= 4 is 5.97 Å². The summed E-state index contributed by atoms with van der Waals surface area (Å²) >= 11 is 0. The Hall–Kier alpha value is -1.55. The Bertz CT molecular complexity index is 589. The van der Waals surface area contributed by atoms with Crippen LogP contribution in [0.25, 0.3) is 0 Å². The third-order valence-corrected chi connectivity index (χ3v) is 4.76. The fourth-order valence-corrected chi connectivity index (χ4v) is 3.30. The molecule has 0 aromatic heterocycles. The maximum Gasteiger partial charge on any atom is 0.310 e. The van der Waals surface area contributed by atoms with Crippen molar-refractivity contribution in [2.75, 3.05) is 19.7 Å². The van der Waals surface area contributed by atoms with Crippen molar-refractivity contribution in [1.82, 2.24) is 4.90 Å². The average Bonchev–Trinajstić information content (AvgIpc) is 2.51. The number of hydrogen-bond acceptors (Lipinski definition) is 4. The van der Waals surface area contributed by atoms with E-state index in [0.29, 0.717) is 25.4 Å². The van der Waals surface area contributed by atoms with Crippen LogP contribution in [0, 0.1) is 12.8 Å². The maximum absolute atomic E-state index is 12.0. The number of benzene rings is 1. The summed E-state index contributed by atoms with van der Waals surface area (Å²) in [5.74, 6) is 0.236. The number of ether oxygens (including phenoxy) is 1. The first kappa shape index (κ1) is 18.8. The average molecular weight is 333 g/mol. The Labute approximate surface area is 145 Å². The summed E-state index contributed by atoms with van der Waals surface area (Å²) in [4.78, 5) is 14.3. The minimum absolute atomic E-state index is 0.0442. The van der Waals surface area contributed by atoms with Gasteiger partial charge in [0.1, 0.15) is 5.75 Å². The molecule has 1 aromatic rings. The zero-order chi connectivity index (χ0) is 17.9. The van der Waals surface area contributed by atoms with Crippen LogP contribution in [0.3, 0.4) is 0 Å². The molecule has 4 heteroatoms. The number of aryl methyl sites for hydroxylation is 1. The molecule has 4 nitrogen and oxygen atoms in total. The van der Waals surface area contributed by atoms with E-state index >= 15 is 0 Å². The molecule has 1 saturated heterocycles. The molecule has 0 bridgehead atoms. The highest BCUT2D eigenvalue weighted by Crippen LogP contribution is 2.32. The Kier molecular flexibility index (Phi) is 5.92. The SMILES string of the molecule is CCOC(=O)[C@H]1CCCN(Cc2cc(C(C)(C)C)cc(C)c2O)C1. The second kappa shape index (κ2) is 7.56. The molecule has 0 aliphatic carbocycles. The smallest absolute Gasteiger partial charge is 0.310 e. The lowest BCUT2D eigenvalue weighted by Crippen LogP contribution is -2.39. The minimum Gasteiger partial charge on any atom is -0.507 e. The zero-order valence-electron chi connectivity index (χ0n) is 15.7. The zero-order valence-corrected chi connectivity index (χ0v) is 15.7. The first-order chi connectivity index (χ1) is 11.2. The van der Waals surface area contributed by atoms with E-state index < -0.39 is 0 Å². The van der Waals surface area contributed by atoms with E-state index in [0.717, 1.165) is 30.5 Å². The number of likely N-dealkylation sites (tertiary alicyclic amines) is 1. The van der Waals surface area contributed by atoms with Crippen LogP contribution in [0.15, 0.2) is 12.1 Å². The number of phenols is 1. The second-order valence-electron chi connectivity index (χ2n) is 7.88. The van der Waals surface area contributed by atoms with Crippen molar-refractivity contribution in [3.63, 3.8) is 0 Å². The fraction of sp³-hybridized carbons (Fsp3) is 0.650. The van der Waals surface area contributed by atoms with E-state index in [1.165, 1.54) is 5.56 Å². The van der Waals surface area contributed by atoms with Gasteiger partial charge in [-0.1, -0.05) is 32.9 Å². The van der Waals surface area contributed by atoms with Gasteiger partial charge in [-0.2, -0.15) is 0 Å². The Morgan fingerprint density at radius 2 is 2.08 bits per heavy atom. The monoisotopic (exact) mass is 333 g/mol. The van der Waals surface area contributed by atoms with Gasteiger partial charge in [0.25, 0.3) is 0 Å². The molecule has 0 spiro atoms. The van der Waals surface area contributed by atoms with Gasteiger partial charge in [0.15, 0.2) is 0 Å².